The first kappa shape index (κ1) is 12.4. The summed E-state index contributed by atoms with van der Waals surface area (Å²) < 4.78 is 0. The van der Waals surface area contributed by atoms with E-state index in [1.807, 2.05) is 30.5 Å². The molecule has 2 unspecified atom stereocenters. The van der Waals surface area contributed by atoms with E-state index in [-0.39, 0.29) is 0 Å². The second-order valence-electron chi connectivity index (χ2n) is 5.34. The molecule has 1 aliphatic rings. The van der Waals surface area contributed by atoms with Crippen molar-refractivity contribution in [2.45, 2.75) is 25.8 Å². The highest BCUT2D eigenvalue weighted by Gasteiger charge is 2.29. The third-order valence-corrected chi connectivity index (χ3v) is 4.09. The highest BCUT2D eigenvalue weighted by Crippen LogP contribution is 2.26. The molecule has 100 valence electrons. The van der Waals surface area contributed by atoms with E-state index in [2.05, 4.69) is 16.8 Å². The normalized spacial score (nSPS) is 23.8. The molecule has 4 heteroatoms. The molecule has 2 N–H and O–H groups in total. The molecule has 2 aromatic rings. The molecule has 0 spiro atoms. The van der Waals surface area contributed by atoms with Crippen LogP contribution in [0, 0.1) is 5.92 Å². The number of fused-ring (bicyclic) bond motifs is 1. The van der Waals surface area contributed by atoms with E-state index in [0.29, 0.717) is 18.5 Å². The number of hydrogen-bond donors (Lipinski definition) is 1. The van der Waals surface area contributed by atoms with Crippen LogP contribution in [0.2, 0.25) is 0 Å². The Labute approximate surface area is 113 Å². The second kappa shape index (κ2) is 5.13. The van der Waals surface area contributed by atoms with Gasteiger partial charge in [0.2, 0.25) is 5.95 Å². The number of nitrogens with two attached hydrogens (primary N) is 1. The summed E-state index contributed by atoms with van der Waals surface area (Å²) in [7, 11) is 0. The SMILES string of the molecule is CC1CCCN(c2ncc3ccccc3n2)C1CN. The van der Waals surface area contributed by atoms with Gasteiger partial charge in [0.1, 0.15) is 0 Å². The van der Waals surface area contributed by atoms with Crippen molar-refractivity contribution >= 4 is 16.9 Å². The fourth-order valence-corrected chi connectivity index (χ4v) is 2.96. The van der Waals surface area contributed by atoms with Gasteiger partial charge in [-0.25, -0.2) is 9.97 Å². The van der Waals surface area contributed by atoms with Crippen molar-refractivity contribution in [2.24, 2.45) is 11.7 Å². The van der Waals surface area contributed by atoms with Crippen LogP contribution in [0.25, 0.3) is 10.9 Å². The van der Waals surface area contributed by atoms with Crippen LogP contribution in [0.4, 0.5) is 5.95 Å². The number of piperidine rings is 1. The zero-order chi connectivity index (χ0) is 13.2. The van der Waals surface area contributed by atoms with Gasteiger partial charge < -0.3 is 10.6 Å². The zero-order valence-corrected chi connectivity index (χ0v) is 11.3. The Bertz CT molecular complexity index is 569. The van der Waals surface area contributed by atoms with E-state index in [9.17, 15) is 0 Å². The molecule has 0 aliphatic carbocycles. The Kier molecular flexibility index (Phi) is 3.34. The highest BCUT2D eigenvalue weighted by molar-refractivity contribution is 5.78. The molecule has 1 aliphatic heterocycles. The molecule has 2 heterocycles. The minimum Gasteiger partial charge on any atom is -0.336 e. The third-order valence-electron chi connectivity index (χ3n) is 4.09. The summed E-state index contributed by atoms with van der Waals surface area (Å²) in [6.45, 7) is 3.94. The number of aromatic nitrogens is 2. The number of hydrogen-bond acceptors (Lipinski definition) is 4. The van der Waals surface area contributed by atoms with Crippen LogP contribution < -0.4 is 10.6 Å². The third kappa shape index (κ3) is 2.28. The zero-order valence-electron chi connectivity index (χ0n) is 11.3. The summed E-state index contributed by atoms with van der Waals surface area (Å²) in [5, 5.41) is 1.08. The summed E-state index contributed by atoms with van der Waals surface area (Å²) in [6.07, 6.45) is 4.34. The van der Waals surface area contributed by atoms with Crippen LogP contribution in [0.15, 0.2) is 30.5 Å². The summed E-state index contributed by atoms with van der Waals surface area (Å²) in [5.74, 6) is 1.43. The molecule has 2 atom stereocenters. The average Bonchev–Trinajstić information content (AvgIpc) is 2.46. The Morgan fingerprint density at radius 2 is 2.21 bits per heavy atom. The van der Waals surface area contributed by atoms with Crippen LogP contribution in [0.5, 0.6) is 0 Å². The molecule has 1 aromatic carbocycles. The monoisotopic (exact) mass is 256 g/mol. The van der Waals surface area contributed by atoms with E-state index in [1.54, 1.807) is 0 Å². The lowest BCUT2D eigenvalue weighted by Gasteiger charge is -2.39. The quantitative estimate of drug-likeness (QED) is 0.895. The molecule has 1 aromatic heterocycles. The first-order valence-corrected chi connectivity index (χ1v) is 6.98. The van der Waals surface area contributed by atoms with Crippen LogP contribution in [0.3, 0.4) is 0 Å². The Morgan fingerprint density at radius 1 is 1.37 bits per heavy atom. The van der Waals surface area contributed by atoms with E-state index in [0.717, 1.165) is 23.4 Å². The number of nitrogens with zero attached hydrogens (tertiary/aromatic N) is 3. The molecular formula is C15H20N4. The maximum Gasteiger partial charge on any atom is 0.226 e. The Morgan fingerprint density at radius 3 is 3.05 bits per heavy atom. The van der Waals surface area contributed by atoms with Gasteiger partial charge in [0, 0.05) is 30.7 Å². The van der Waals surface area contributed by atoms with Crippen molar-refractivity contribution in [3.05, 3.63) is 30.5 Å². The van der Waals surface area contributed by atoms with Crippen LogP contribution in [-0.4, -0.2) is 29.1 Å². The minimum absolute atomic E-state index is 0.356. The molecule has 1 saturated heterocycles. The van der Waals surface area contributed by atoms with Crippen molar-refractivity contribution < 1.29 is 0 Å². The number of benzene rings is 1. The van der Waals surface area contributed by atoms with Crippen LogP contribution in [-0.2, 0) is 0 Å². The smallest absolute Gasteiger partial charge is 0.226 e. The van der Waals surface area contributed by atoms with Gasteiger partial charge in [-0.15, -0.1) is 0 Å². The van der Waals surface area contributed by atoms with E-state index in [1.165, 1.54) is 12.8 Å². The molecule has 0 saturated carbocycles. The lowest BCUT2D eigenvalue weighted by molar-refractivity contribution is 0.346. The number of para-hydroxylation sites is 1. The van der Waals surface area contributed by atoms with Crippen LogP contribution >= 0.6 is 0 Å². The van der Waals surface area contributed by atoms with Crippen molar-refractivity contribution in [3.8, 4) is 0 Å². The van der Waals surface area contributed by atoms with E-state index < -0.39 is 0 Å². The molecule has 0 bridgehead atoms. The molecule has 4 nitrogen and oxygen atoms in total. The van der Waals surface area contributed by atoms with Crippen molar-refractivity contribution in [1.82, 2.24) is 9.97 Å². The standard InChI is InChI=1S/C15H20N4/c1-11-5-4-8-19(14(11)9-16)15-17-10-12-6-2-3-7-13(12)18-15/h2-3,6-7,10-11,14H,4-5,8-9,16H2,1H3. The summed E-state index contributed by atoms with van der Waals surface area (Å²) >= 11 is 0. The Balaban J connectivity index is 1.98. The topological polar surface area (TPSA) is 55.0 Å². The minimum atomic E-state index is 0.356. The van der Waals surface area contributed by atoms with Gasteiger partial charge in [0.15, 0.2) is 0 Å². The number of anilines is 1. The highest BCUT2D eigenvalue weighted by atomic mass is 15.3. The van der Waals surface area contributed by atoms with Crippen LogP contribution in [0.1, 0.15) is 19.8 Å². The maximum atomic E-state index is 5.94. The van der Waals surface area contributed by atoms with Gasteiger partial charge >= 0.3 is 0 Å². The lowest BCUT2D eigenvalue weighted by Crippen LogP contribution is -2.49. The fourth-order valence-electron chi connectivity index (χ4n) is 2.96. The molecule has 0 radical (unpaired) electrons. The fraction of sp³-hybridized carbons (Fsp3) is 0.467. The van der Waals surface area contributed by atoms with Gasteiger partial charge in [-0.1, -0.05) is 25.1 Å². The first-order valence-electron chi connectivity index (χ1n) is 6.98. The van der Waals surface area contributed by atoms with Gasteiger partial charge in [-0.2, -0.15) is 0 Å². The van der Waals surface area contributed by atoms with Crippen molar-refractivity contribution in [1.29, 1.82) is 0 Å². The summed E-state index contributed by atoms with van der Waals surface area (Å²) in [4.78, 5) is 11.5. The first-order chi connectivity index (χ1) is 9.29. The van der Waals surface area contributed by atoms with Crippen molar-refractivity contribution in [2.75, 3.05) is 18.0 Å². The van der Waals surface area contributed by atoms with Gasteiger partial charge in [-0.3, -0.25) is 0 Å². The summed E-state index contributed by atoms with van der Waals surface area (Å²) in [6, 6.07) is 8.45. The Hall–Kier alpha value is -1.68. The van der Waals surface area contributed by atoms with Gasteiger partial charge in [0.05, 0.1) is 5.52 Å². The van der Waals surface area contributed by atoms with E-state index >= 15 is 0 Å². The molecule has 1 fully saturated rings. The predicted molar refractivity (Wildman–Crippen MR) is 78.1 cm³/mol. The van der Waals surface area contributed by atoms with Gasteiger partial charge in [0.25, 0.3) is 0 Å². The number of rotatable bonds is 2. The van der Waals surface area contributed by atoms with E-state index in [4.69, 9.17) is 10.7 Å². The molecule has 19 heavy (non-hydrogen) atoms. The lowest BCUT2D eigenvalue weighted by atomic mass is 9.91. The predicted octanol–water partition coefficient (Wildman–Crippen LogP) is 2.19. The molecule has 3 rings (SSSR count). The second-order valence-corrected chi connectivity index (χ2v) is 5.34. The largest absolute Gasteiger partial charge is 0.336 e. The molecule has 0 amide bonds. The summed E-state index contributed by atoms with van der Waals surface area (Å²) in [5.41, 5.74) is 6.94. The molecular weight excluding hydrogens is 236 g/mol. The average molecular weight is 256 g/mol. The van der Waals surface area contributed by atoms with Crippen molar-refractivity contribution in [3.63, 3.8) is 0 Å². The maximum absolute atomic E-state index is 5.94. The van der Waals surface area contributed by atoms with Gasteiger partial charge in [-0.05, 0) is 24.8 Å².